The number of halogens is 1. The zero-order chi connectivity index (χ0) is 17.3. The van der Waals surface area contributed by atoms with E-state index in [2.05, 4.69) is 46.1 Å². The Labute approximate surface area is 161 Å². The summed E-state index contributed by atoms with van der Waals surface area (Å²) >= 11 is 0. The zero-order valence-corrected chi connectivity index (χ0v) is 16.0. The highest BCUT2D eigenvalue weighted by Gasteiger charge is 2.40. The van der Waals surface area contributed by atoms with E-state index in [1.807, 2.05) is 19.4 Å². The van der Waals surface area contributed by atoms with Crippen LogP contribution in [0.2, 0.25) is 0 Å². The average molecular weight is 375 g/mol. The van der Waals surface area contributed by atoms with Crippen molar-refractivity contribution >= 4 is 18.3 Å². The van der Waals surface area contributed by atoms with Gasteiger partial charge >= 0.3 is 0 Å². The smallest absolute Gasteiger partial charge is 0.225 e. The second-order valence-corrected chi connectivity index (χ2v) is 7.54. The third-order valence-corrected chi connectivity index (χ3v) is 6.00. The first-order chi connectivity index (χ1) is 12.2. The number of benzene rings is 1. The number of hydrogen-bond acceptors (Lipinski definition) is 3. The highest BCUT2D eigenvalue weighted by atomic mass is 35.5. The number of rotatable bonds is 5. The van der Waals surface area contributed by atoms with Crippen LogP contribution in [0.4, 0.5) is 0 Å². The monoisotopic (exact) mass is 374 g/mol. The van der Waals surface area contributed by atoms with Gasteiger partial charge in [0, 0.05) is 44.2 Å². The quantitative estimate of drug-likeness (QED) is 0.844. The molecule has 0 bridgehead atoms. The van der Waals surface area contributed by atoms with Crippen molar-refractivity contribution in [1.82, 2.24) is 20.4 Å². The average Bonchev–Trinajstić information content (AvgIpc) is 3.23. The van der Waals surface area contributed by atoms with Gasteiger partial charge in [-0.05, 0) is 24.0 Å². The zero-order valence-electron chi connectivity index (χ0n) is 15.1. The highest BCUT2D eigenvalue weighted by Crippen LogP contribution is 2.43. The summed E-state index contributed by atoms with van der Waals surface area (Å²) in [5.41, 5.74) is 2.64. The molecule has 1 aromatic heterocycles. The maximum absolute atomic E-state index is 12.9. The minimum atomic E-state index is -0.0166. The molecule has 2 atom stereocenters. The van der Waals surface area contributed by atoms with E-state index in [-0.39, 0.29) is 35.6 Å². The lowest BCUT2D eigenvalue weighted by molar-refractivity contribution is -0.125. The predicted molar refractivity (Wildman–Crippen MR) is 105 cm³/mol. The van der Waals surface area contributed by atoms with Crippen LogP contribution in [0.3, 0.4) is 0 Å². The minimum absolute atomic E-state index is 0. The topological polar surface area (TPSA) is 59.0 Å². The first-order valence-electron chi connectivity index (χ1n) is 9.20. The number of aromatic nitrogens is 2. The molecule has 4 rings (SSSR count). The van der Waals surface area contributed by atoms with Gasteiger partial charge in [-0.25, -0.2) is 0 Å². The molecule has 2 fully saturated rings. The van der Waals surface area contributed by atoms with Crippen LogP contribution in [0, 0.1) is 5.92 Å². The lowest BCUT2D eigenvalue weighted by Gasteiger charge is -2.43. The normalized spacial score (nSPS) is 23.7. The predicted octanol–water partition coefficient (Wildman–Crippen LogP) is 2.38. The second kappa shape index (κ2) is 7.80. The molecule has 0 unspecified atom stereocenters. The van der Waals surface area contributed by atoms with E-state index in [1.54, 1.807) is 4.68 Å². The molecule has 2 heterocycles. The van der Waals surface area contributed by atoms with Crippen molar-refractivity contribution in [2.24, 2.45) is 13.0 Å². The molecule has 2 aliphatic rings. The van der Waals surface area contributed by atoms with Crippen molar-refractivity contribution in [2.75, 3.05) is 19.6 Å². The summed E-state index contributed by atoms with van der Waals surface area (Å²) in [7, 11) is 1.92. The van der Waals surface area contributed by atoms with E-state index < -0.39 is 0 Å². The SMILES string of the molecule is Cl.Cn1cc([C@H]2CNC[C@@H]2C(=O)NCC2(c3ccccc3)CCC2)cn1. The molecule has 6 heteroatoms. The molecule has 0 spiro atoms. The first-order valence-corrected chi connectivity index (χ1v) is 9.20. The van der Waals surface area contributed by atoms with Crippen LogP contribution >= 0.6 is 12.4 Å². The Morgan fingerprint density at radius 3 is 2.69 bits per heavy atom. The fraction of sp³-hybridized carbons (Fsp3) is 0.500. The van der Waals surface area contributed by atoms with Gasteiger partial charge in [-0.2, -0.15) is 5.10 Å². The Kier molecular flexibility index (Phi) is 5.68. The summed E-state index contributed by atoms with van der Waals surface area (Å²) in [5, 5.41) is 10.9. The van der Waals surface area contributed by atoms with Crippen LogP contribution in [0.25, 0.3) is 0 Å². The molecule has 2 aromatic rings. The van der Waals surface area contributed by atoms with Crippen LogP contribution < -0.4 is 10.6 Å². The summed E-state index contributed by atoms with van der Waals surface area (Å²) in [5.74, 6) is 0.362. The molecule has 0 radical (unpaired) electrons. The van der Waals surface area contributed by atoms with Crippen LogP contribution in [0.5, 0.6) is 0 Å². The number of nitrogens with zero attached hydrogens (tertiary/aromatic N) is 2. The van der Waals surface area contributed by atoms with Crippen LogP contribution in [-0.4, -0.2) is 35.3 Å². The number of nitrogens with one attached hydrogen (secondary N) is 2. The van der Waals surface area contributed by atoms with Crippen LogP contribution in [0.15, 0.2) is 42.7 Å². The van der Waals surface area contributed by atoms with Gasteiger partial charge in [0.15, 0.2) is 0 Å². The molecule has 1 aromatic carbocycles. The van der Waals surface area contributed by atoms with Crippen LogP contribution in [0.1, 0.15) is 36.3 Å². The lowest BCUT2D eigenvalue weighted by atomic mass is 9.64. The van der Waals surface area contributed by atoms with E-state index in [0.717, 1.165) is 38.0 Å². The molecule has 1 amide bonds. The van der Waals surface area contributed by atoms with Gasteiger partial charge in [0.2, 0.25) is 5.91 Å². The number of aryl methyl sites for hydroxylation is 1. The maximum atomic E-state index is 12.9. The summed E-state index contributed by atoms with van der Waals surface area (Å²) in [6.45, 7) is 2.32. The molecule has 1 saturated carbocycles. The van der Waals surface area contributed by atoms with E-state index >= 15 is 0 Å². The highest BCUT2D eigenvalue weighted by molar-refractivity contribution is 5.85. The Morgan fingerprint density at radius 1 is 1.31 bits per heavy atom. The van der Waals surface area contributed by atoms with Gasteiger partial charge in [0.25, 0.3) is 0 Å². The van der Waals surface area contributed by atoms with Crippen molar-refractivity contribution in [3.8, 4) is 0 Å². The van der Waals surface area contributed by atoms with Crippen LogP contribution in [-0.2, 0) is 17.3 Å². The Hall–Kier alpha value is -1.85. The van der Waals surface area contributed by atoms with Gasteiger partial charge in [-0.3, -0.25) is 9.48 Å². The van der Waals surface area contributed by atoms with Gasteiger partial charge in [0.05, 0.1) is 12.1 Å². The maximum Gasteiger partial charge on any atom is 0.225 e. The molecule has 140 valence electrons. The summed E-state index contributed by atoms with van der Waals surface area (Å²) < 4.78 is 1.81. The van der Waals surface area contributed by atoms with Crippen molar-refractivity contribution < 1.29 is 4.79 Å². The van der Waals surface area contributed by atoms with Crippen molar-refractivity contribution in [3.63, 3.8) is 0 Å². The van der Waals surface area contributed by atoms with E-state index in [4.69, 9.17) is 0 Å². The van der Waals surface area contributed by atoms with Crippen molar-refractivity contribution in [2.45, 2.75) is 30.6 Å². The molecule has 26 heavy (non-hydrogen) atoms. The Morgan fingerprint density at radius 2 is 2.08 bits per heavy atom. The van der Waals surface area contributed by atoms with E-state index in [0.29, 0.717) is 0 Å². The Bertz CT molecular complexity index is 741. The standard InChI is InChI=1S/C20H26N4O.ClH/c1-24-13-15(10-23-24)17-11-21-12-18(17)19(25)22-14-20(8-5-9-20)16-6-3-2-4-7-16;/h2-4,6-7,10,13,17-18,21H,5,8-9,11-12,14H2,1H3,(H,22,25);1H/t17-,18+;/m1./s1. The van der Waals surface area contributed by atoms with Gasteiger partial charge in [-0.15, -0.1) is 12.4 Å². The molecule has 1 saturated heterocycles. The Balaban J connectivity index is 0.00000196. The number of carbonyl (C=O) groups excluding carboxylic acids is 1. The van der Waals surface area contributed by atoms with Crippen molar-refractivity contribution in [1.29, 1.82) is 0 Å². The molecule has 5 nitrogen and oxygen atoms in total. The largest absolute Gasteiger partial charge is 0.355 e. The summed E-state index contributed by atoms with van der Waals surface area (Å²) in [6, 6.07) is 10.6. The minimum Gasteiger partial charge on any atom is -0.355 e. The van der Waals surface area contributed by atoms with Gasteiger partial charge in [-0.1, -0.05) is 36.8 Å². The summed E-state index contributed by atoms with van der Waals surface area (Å²) in [6.07, 6.45) is 7.47. The molecule has 2 N–H and O–H groups in total. The number of hydrogen-bond donors (Lipinski definition) is 2. The van der Waals surface area contributed by atoms with E-state index in [1.165, 1.54) is 12.0 Å². The molecular formula is C20H27ClN4O. The fourth-order valence-corrected chi connectivity index (χ4v) is 4.29. The second-order valence-electron chi connectivity index (χ2n) is 7.54. The third kappa shape index (κ3) is 3.51. The van der Waals surface area contributed by atoms with Gasteiger partial charge < -0.3 is 10.6 Å². The summed E-state index contributed by atoms with van der Waals surface area (Å²) in [4.78, 5) is 12.9. The third-order valence-electron chi connectivity index (χ3n) is 6.00. The van der Waals surface area contributed by atoms with E-state index in [9.17, 15) is 4.79 Å². The molecule has 1 aliphatic heterocycles. The molecular weight excluding hydrogens is 348 g/mol. The molecule has 1 aliphatic carbocycles. The van der Waals surface area contributed by atoms with Crippen molar-refractivity contribution in [3.05, 3.63) is 53.9 Å². The number of carbonyl (C=O) groups is 1. The van der Waals surface area contributed by atoms with Gasteiger partial charge in [0.1, 0.15) is 0 Å². The lowest BCUT2D eigenvalue weighted by Crippen LogP contribution is -2.47. The first kappa shape index (κ1) is 18.9. The number of amides is 1. The fourth-order valence-electron chi connectivity index (χ4n) is 4.29.